The summed E-state index contributed by atoms with van der Waals surface area (Å²) in [6, 6.07) is 19.1. The van der Waals surface area contributed by atoms with E-state index in [1.807, 2.05) is 23.9 Å². The van der Waals surface area contributed by atoms with Gasteiger partial charge in [-0.05, 0) is 73.5 Å². The van der Waals surface area contributed by atoms with Gasteiger partial charge in [-0.25, -0.2) is 4.98 Å². The maximum Gasteiger partial charge on any atom is 0.124 e. The van der Waals surface area contributed by atoms with Gasteiger partial charge in [0.2, 0.25) is 0 Å². The molecule has 1 aliphatic heterocycles. The first-order chi connectivity index (χ1) is 16.5. The Kier molecular flexibility index (Phi) is 5.29. The molecule has 3 heterocycles. The van der Waals surface area contributed by atoms with Crippen LogP contribution in [0.1, 0.15) is 17.7 Å². The smallest absolute Gasteiger partial charge is 0.124 e. The van der Waals surface area contributed by atoms with Gasteiger partial charge in [0.15, 0.2) is 0 Å². The van der Waals surface area contributed by atoms with E-state index in [1.165, 1.54) is 26.8 Å². The van der Waals surface area contributed by atoms with Crippen molar-refractivity contribution in [1.82, 2.24) is 19.7 Å². The van der Waals surface area contributed by atoms with E-state index in [0.29, 0.717) is 0 Å². The molecule has 34 heavy (non-hydrogen) atoms. The zero-order chi connectivity index (χ0) is 23.4. The predicted octanol–water partition coefficient (Wildman–Crippen LogP) is 7.20. The average molecular weight is 485 g/mol. The molecule has 0 unspecified atom stereocenters. The van der Waals surface area contributed by atoms with Gasteiger partial charge in [0.05, 0.1) is 21.4 Å². The van der Waals surface area contributed by atoms with E-state index >= 15 is 0 Å². The fraction of sp³-hybridized carbons (Fsp3) is 0.214. The summed E-state index contributed by atoms with van der Waals surface area (Å²) < 4.78 is 3.20. The minimum Gasteiger partial charge on any atom is -0.302 e. The molecule has 0 atom stereocenters. The van der Waals surface area contributed by atoms with Gasteiger partial charge in [0.1, 0.15) is 5.01 Å². The van der Waals surface area contributed by atoms with Crippen LogP contribution in [0.25, 0.3) is 48.4 Å². The SMILES string of the molecule is Cc1cc(-c2ccc(Cl)cc2)c2sc(-c3ccc4c(C5=CCN(C)CC5)nn(C)c4c3)nc2c1. The average Bonchev–Trinajstić information content (AvgIpc) is 3.40. The first-order valence-electron chi connectivity index (χ1n) is 11.5. The Morgan fingerprint density at radius 3 is 2.53 bits per heavy atom. The van der Waals surface area contributed by atoms with E-state index in [0.717, 1.165) is 57.4 Å². The molecule has 4 nitrogen and oxygen atoms in total. The third-order valence-electron chi connectivity index (χ3n) is 6.60. The summed E-state index contributed by atoms with van der Waals surface area (Å²) >= 11 is 7.87. The molecule has 5 aromatic rings. The summed E-state index contributed by atoms with van der Waals surface area (Å²) in [6.45, 7) is 4.18. The lowest BCUT2D eigenvalue weighted by Crippen LogP contribution is -2.23. The zero-order valence-corrected chi connectivity index (χ0v) is 21.0. The summed E-state index contributed by atoms with van der Waals surface area (Å²) in [5, 5.41) is 7.87. The van der Waals surface area contributed by atoms with Crippen LogP contribution in [0.4, 0.5) is 0 Å². The molecule has 170 valence electrons. The molecule has 0 bridgehead atoms. The van der Waals surface area contributed by atoms with E-state index < -0.39 is 0 Å². The number of halogens is 1. The number of rotatable bonds is 3. The van der Waals surface area contributed by atoms with Crippen molar-refractivity contribution in [3.05, 3.63) is 77.0 Å². The summed E-state index contributed by atoms with van der Waals surface area (Å²) in [6.07, 6.45) is 3.35. The normalized spacial score (nSPS) is 14.8. The van der Waals surface area contributed by atoms with Crippen molar-refractivity contribution in [2.45, 2.75) is 13.3 Å². The Balaban J connectivity index is 1.45. The van der Waals surface area contributed by atoms with Gasteiger partial charge in [-0.3, -0.25) is 4.68 Å². The van der Waals surface area contributed by atoms with E-state index in [1.54, 1.807) is 11.3 Å². The number of likely N-dealkylation sites (N-methyl/N-ethyl adjacent to an activating group) is 1. The quantitative estimate of drug-likeness (QED) is 0.271. The molecule has 0 amide bonds. The topological polar surface area (TPSA) is 34.0 Å². The van der Waals surface area contributed by atoms with Gasteiger partial charge in [-0.15, -0.1) is 11.3 Å². The number of aryl methyl sites for hydroxylation is 2. The van der Waals surface area contributed by atoms with Crippen molar-refractivity contribution in [2.75, 3.05) is 20.1 Å². The monoisotopic (exact) mass is 484 g/mol. The molecule has 0 saturated heterocycles. The summed E-state index contributed by atoms with van der Waals surface area (Å²) in [4.78, 5) is 7.37. The molecule has 2 aromatic heterocycles. The van der Waals surface area contributed by atoms with Crippen molar-refractivity contribution in [3.8, 4) is 21.7 Å². The highest BCUT2D eigenvalue weighted by atomic mass is 35.5. The Bertz CT molecular complexity index is 1580. The van der Waals surface area contributed by atoms with Crippen LogP contribution in [-0.2, 0) is 7.05 Å². The number of thiazole rings is 1. The maximum absolute atomic E-state index is 6.13. The Hall–Kier alpha value is -2.99. The molecule has 1 aliphatic rings. The Morgan fingerprint density at radius 1 is 0.971 bits per heavy atom. The van der Waals surface area contributed by atoms with E-state index in [2.05, 4.69) is 67.4 Å². The number of hydrogen-bond acceptors (Lipinski definition) is 4. The lowest BCUT2D eigenvalue weighted by atomic mass is 10.0. The van der Waals surface area contributed by atoms with Crippen LogP contribution in [0.2, 0.25) is 5.02 Å². The van der Waals surface area contributed by atoms with Gasteiger partial charge in [-0.2, -0.15) is 5.10 Å². The Morgan fingerprint density at radius 2 is 1.76 bits per heavy atom. The number of aromatic nitrogens is 3. The largest absolute Gasteiger partial charge is 0.302 e. The molecule has 0 aliphatic carbocycles. The second-order valence-corrected chi connectivity index (χ2v) is 10.6. The fourth-order valence-electron chi connectivity index (χ4n) is 4.75. The summed E-state index contributed by atoms with van der Waals surface area (Å²) in [7, 11) is 4.19. The van der Waals surface area contributed by atoms with Gasteiger partial charge in [-0.1, -0.05) is 35.9 Å². The van der Waals surface area contributed by atoms with Crippen molar-refractivity contribution in [3.63, 3.8) is 0 Å². The molecule has 0 fully saturated rings. The van der Waals surface area contributed by atoms with Gasteiger partial charge in [0, 0.05) is 41.7 Å². The standard InChI is InChI=1S/C28H25ClN4S/c1-17-14-23(18-4-7-21(29)8-5-18)27-24(15-17)30-28(34-27)20-6-9-22-25(16-20)33(3)31-26(22)19-10-12-32(2)13-11-19/h4-10,14-16H,11-13H2,1-3H3. The molecule has 0 spiro atoms. The zero-order valence-electron chi connectivity index (χ0n) is 19.5. The molecule has 0 radical (unpaired) electrons. The number of benzene rings is 3. The molecule has 6 heteroatoms. The molecular formula is C28H25ClN4S. The number of hydrogen-bond donors (Lipinski definition) is 0. The minimum absolute atomic E-state index is 0.748. The van der Waals surface area contributed by atoms with E-state index in [4.69, 9.17) is 21.7 Å². The van der Waals surface area contributed by atoms with Crippen LogP contribution in [0, 0.1) is 6.92 Å². The summed E-state index contributed by atoms with van der Waals surface area (Å²) in [5.74, 6) is 0. The van der Waals surface area contributed by atoms with Crippen LogP contribution in [0.5, 0.6) is 0 Å². The molecule has 6 rings (SSSR count). The first-order valence-corrected chi connectivity index (χ1v) is 12.7. The number of nitrogens with zero attached hydrogens (tertiary/aromatic N) is 4. The van der Waals surface area contributed by atoms with Crippen LogP contribution < -0.4 is 0 Å². The van der Waals surface area contributed by atoms with E-state index in [-0.39, 0.29) is 0 Å². The molecule has 0 N–H and O–H groups in total. The second kappa shape index (κ2) is 8.35. The Labute approximate surface area is 208 Å². The maximum atomic E-state index is 6.13. The van der Waals surface area contributed by atoms with Crippen molar-refractivity contribution < 1.29 is 0 Å². The van der Waals surface area contributed by atoms with Crippen LogP contribution in [0.15, 0.2) is 60.7 Å². The van der Waals surface area contributed by atoms with Crippen LogP contribution in [0.3, 0.4) is 0 Å². The lowest BCUT2D eigenvalue weighted by molar-refractivity contribution is 0.369. The molecular weight excluding hydrogens is 460 g/mol. The lowest BCUT2D eigenvalue weighted by Gasteiger charge is -2.21. The second-order valence-electron chi connectivity index (χ2n) is 9.13. The highest BCUT2D eigenvalue weighted by Crippen LogP contribution is 2.39. The van der Waals surface area contributed by atoms with Crippen molar-refractivity contribution >= 4 is 49.6 Å². The van der Waals surface area contributed by atoms with Crippen molar-refractivity contribution in [1.29, 1.82) is 0 Å². The first kappa shape index (κ1) is 21.5. The number of fused-ring (bicyclic) bond motifs is 2. The van der Waals surface area contributed by atoms with E-state index in [9.17, 15) is 0 Å². The fourth-order valence-corrected chi connectivity index (χ4v) is 5.96. The van der Waals surface area contributed by atoms with Gasteiger partial charge >= 0.3 is 0 Å². The highest BCUT2D eigenvalue weighted by Gasteiger charge is 2.18. The predicted molar refractivity (Wildman–Crippen MR) is 145 cm³/mol. The molecule has 3 aromatic carbocycles. The van der Waals surface area contributed by atoms with Gasteiger partial charge < -0.3 is 4.90 Å². The third-order valence-corrected chi connectivity index (χ3v) is 8.01. The van der Waals surface area contributed by atoms with Crippen LogP contribution in [-0.4, -0.2) is 39.8 Å². The van der Waals surface area contributed by atoms with Crippen molar-refractivity contribution in [2.24, 2.45) is 7.05 Å². The van der Waals surface area contributed by atoms with Gasteiger partial charge in [0.25, 0.3) is 0 Å². The summed E-state index contributed by atoms with van der Waals surface area (Å²) in [5.41, 5.74) is 9.32. The third kappa shape index (κ3) is 3.74. The minimum atomic E-state index is 0.748. The molecule has 0 saturated carbocycles. The van der Waals surface area contributed by atoms with Crippen LogP contribution >= 0.6 is 22.9 Å². The highest BCUT2D eigenvalue weighted by molar-refractivity contribution is 7.22.